The highest BCUT2D eigenvalue weighted by molar-refractivity contribution is 7.78. The normalized spacial score (nSPS) is 12.4. The Hall–Kier alpha value is -0.710. The first-order chi connectivity index (χ1) is 8.49. The SMILES string of the molecule is CCCc1cc(CC)c(C(=O)Cl)cc1CS(=O)[O-]. The second-order valence-corrected chi connectivity index (χ2v) is 5.34. The van der Waals surface area contributed by atoms with Gasteiger partial charge in [0.25, 0.3) is 5.24 Å². The van der Waals surface area contributed by atoms with Crippen LogP contribution < -0.4 is 0 Å². The molecule has 0 saturated carbocycles. The summed E-state index contributed by atoms with van der Waals surface area (Å²) in [5, 5.41) is -0.534. The Bertz CT molecular complexity index is 472. The van der Waals surface area contributed by atoms with Crippen LogP contribution in [0, 0.1) is 0 Å². The van der Waals surface area contributed by atoms with Crippen molar-refractivity contribution in [3.8, 4) is 0 Å². The highest BCUT2D eigenvalue weighted by atomic mass is 35.5. The Morgan fingerprint density at radius 1 is 1.28 bits per heavy atom. The van der Waals surface area contributed by atoms with Gasteiger partial charge in [-0.15, -0.1) is 0 Å². The van der Waals surface area contributed by atoms with Gasteiger partial charge in [-0.2, -0.15) is 0 Å². The van der Waals surface area contributed by atoms with E-state index < -0.39 is 16.3 Å². The van der Waals surface area contributed by atoms with Crippen LogP contribution in [0.3, 0.4) is 0 Å². The van der Waals surface area contributed by atoms with Gasteiger partial charge in [0.05, 0.1) is 0 Å². The van der Waals surface area contributed by atoms with Crippen LogP contribution in [0.2, 0.25) is 0 Å². The number of hydrogen-bond donors (Lipinski definition) is 0. The summed E-state index contributed by atoms with van der Waals surface area (Å²) >= 11 is 3.37. The Kier molecular flexibility index (Phi) is 5.99. The molecule has 0 aliphatic carbocycles. The first-order valence-corrected chi connectivity index (χ1v) is 7.52. The molecule has 0 aromatic heterocycles. The smallest absolute Gasteiger partial charge is 0.252 e. The third-order valence-corrected chi connectivity index (χ3v) is 3.56. The van der Waals surface area contributed by atoms with E-state index in [1.807, 2.05) is 19.9 Å². The van der Waals surface area contributed by atoms with E-state index in [9.17, 15) is 13.6 Å². The predicted octanol–water partition coefficient (Wildman–Crippen LogP) is 2.96. The molecular weight excluding hydrogens is 272 g/mol. The van der Waals surface area contributed by atoms with Crippen LogP contribution in [0.15, 0.2) is 12.1 Å². The van der Waals surface area contributed by atoms with Gasteiger partial charge >= 0.3 is 0 Å². The van der Waals surface area contributed by atoms with Gasteiger partial charge in [-0.25, -0.2) is 0 Å². The standard InChI is InChI=1S/C13H17ClO3S/c1-3-5-10-6-9(4-2)12(13(14)15)7-11(10)8-18(16)17/h6-7H,3-5,8H2,1-2H3,(H,16,17)/p-1. The number of benzene rings is 1. The summed E-state index contributed by atoms with van der Waals surface area (Å²) in [4.78, 5) is 11.3. The first-order valence-electron chi connectivity index (χ1n) is 5.89. The van der Waals surface area contributed by atoms with Gasteiger partial charge in [0.2, 0.25) is 0 Å². The maximum absolute atomic E-state index is 11.3. The molecule has 100 valence electrons. The minimum atomic E-state index is -2.16. The molecule has 3 nitrogen and oxygen atoms in total. The van der Waals surface area contributed by atoms with E-state index in [-0.39, 0.29) is 5.75 Å². The summed E-state index contributed by atoms with van der Waals surface area (Å²) in [6.45, 7) is 3.98. The van der Waals surface area contributed by atoms with Gasteiger partial charge in [-0.05, 0) is 47.2 Å². The molecule has 1 atom stereocenters. The molecule has 0 heterocycles. The third-order valence-electron chi connectivity index (χ3n) is 2.81. The highest BCUT2D eigenvalue weighted by Gasteiger charge is 2.13. The molecule has 0 fully saturated rings. The van der Waals surface area contributed by atoms with Crippen molar-refractivity contribution in [2.45, 2.75) is 38.9 Å². The molecule has 0 saturated heterocycles. The highest BCUT2D eigenvalue weighted by Crippen LogP contribution is 2.22. The van der Waals surface area contributed by atoms with E-state index in [0.29, 0.717) is 17.5 Å². The van der Waals surface area contributed by atoms with Crippen LogP contribution in [0.1, 0.15) is 47.3 Å². The predicted molar refractivity (Wildman–Crippen MR) is 72.6 cm³/mol. The Labute approximate surface area is 115 Å². The van der Waals surface area contributed by atoms with Crippen molar-refractivity contribution in [2.24, 2.45) is 0 Å². The molecule has 0 spiro atoms. The molecule has 0 amide bonds. The van der Waals surface area contributed by atoms with Crippen LogP contribution >= 0.6 is 11.6 Å². The summed E-state index contributed by atoms with van der Waals surface area (Å²) in [6, 6.07) is 3.52. The molecule has 1 unspecified atom stereocenters. The summed E-state index contributed by atoms with van der Waals surface area (Å²) in [6.07, 6.45) is 2.43. The van der Waals surface area contributed by atoms with Gasteiger partial charge in [0.15, 0.2) is 0 Å². The van der Waals surface area contributed by atoms with E-state index in [2.05, 4.69) is 0 Å². The monoisotopic (exact) mass is 287 g/mol. The number of aryl methyl sites for hydroxylation is 2. The zero-order valence-electron chi connectivity index (χ0n) is 10.5. The van der Waals surface area contributed by atoms with E-state index in [1.165, 1.54) is 0 Å². The second kappa shape index (κ2) is 7.02. The number of halogens is 1. The fourth-order valence-electron chi connectivity index (χ4n) is 1.98. The van der Waals surface area contributed by atoms with E-state index in [0.717, 1.165) is 24.0 Å². The molecule has 0 N–H and O–H groups in total. The van der Waals surface area contributed by atoms with E-state index >= 15 is 0 Å². The van der Waals surface area contributed by atoms with Crippen molar-refractivity contribution < 1.29 is 13.6 Å². The largest absolute Gasteiger partial charge is 0.772 e. The minimum Gasteiger partial charge on any atom is -0.772 e. The topological polar surface area (TPSA) is 57.2 Å². The van der Waals surface area contributed by atoms with Gasteiger partial charge in [0, 0.05) is 11.3 Å². The molecule has 1 aromatic carbocycles. The third kappa shape index (κ3) is 3.90. The van der Waals surface area contributed by atoms with Gasteiger partial charge < -0.3 is 4.55 Å². The van der Waals surface area contributed by atoms with Gasteiger partial charge in [0.1, 0.15) is 0 Å². The number of rotatable bonds is 6. The number of carbonyl (C=O) groups excluding carboxylic acids is 1. The summed E-state index contributed by atoms with van der Waals surface area (Å²) in [7, 11) is 0. The van der Waals surface area contributed by atoms with Crippen molar-refractivity contribution in [1.82, 2.24) is 0 Å². The Morgan fingerprint density at radius 2 is 1.94 bits per heavy atom. The quantitative estimate of drug-likeness (QED) is 0.597. The maximum atomic E-state index is 11.3. The summed E-state index contributed by atoms with van der Waals surface area (Å²) in [5.41, 5.74) is 2.95. The molecule has 1 aromatic rings. The molecule has 0 aliphatic heterocycles. The van der Waals surface area contributed by atoms with Gasteiger partial charge in [-0.1, -0.05) is 37.4 Å². The van der Waals surface area contributed by atoms with E-state index in [4.69, 9.17) is 11.6 Å². The van der Waals surface area contributed by atoms with Crippen LogP contribution in [0.25, 0.3) is 0 Å². The number of carbonyl (C=O) groups is 1. The van der Waals surface area contributed by atoms with Crippen molar-refractivity contribution in [3.63, 3.8) is 0 Å². The number of hydrogen-bond acceptors (Lipinski definition) is 3. The average Bonchev–Trinajstić information content (AvgIpc) is 2.30. The van der Waals surface area contributed by atoms with Crippen molar-refractivity contribution in [3.05, 3.63) is 34.4 Å². The van der Waals surface area contributed by atoms with Crippen molar-refractivity contribution in [1.29, 1.82) is 0 Å². The Balaban J connectivity index is 3.31. The molecule has 1 rings (SSSR count). The van der Waals surface area contributed by atoms with Crippen LogP contribution in [-0.4, -0.2) is 14.0 Å². The van der Waals surface area contributed by atoms with E-state index in [1.54, 1.807) is 6.07 Å². The zero-order chi connectivity index (χ0) is 13.7. The van der Waals surface area contributed by atoms with Crippen molar-refractivity contribution >= 4 is 27.9 Å². The lowest BCUT2D eigenvalue weighted by molar-refractivity contribution is 0.108. The lowest BCUT2D eigenvalue weighted by Gasteiger charge is -2.15. The average molecular weight is 288 g/mol. The molecule has 0 radical (unpaired) electrons. The summed E-state index contributed by atoms with van der Waals surface area (Å²) < 4.78 is 21.7. The minimum absolute atomic E-state index is 0.0729. The fraction of sp³-hybridized carbons (Fsp3) is 0.462. The molecule has 0 bridgehead atoms. The Morgan fingerprint density at radius 3 is 2.39 bits per heavy atom. The first kappa shape index (κ1) is 15.3. The van der Waals surface area contributed by atoms with Crippen LogP contribution in [0.4, 0.5) is 0 Å². The molecular formula is C13H16ClO3S-. The fourth-order valence-corrected chi connectivity index (χ4v) is 2.68. The zero-order valence-corrected chi connectivity index (χ0v) is 12.1. The lowest BCUT2D eigenvalue weighted by Crippen LogP contribution is -2.05. The molecule has 5 heteroatoms. The van der Waals surface area contributed by atoms with Crippen LogP contribution in [-0.2, 0) is 29.7 Å². The maximum Gasteiger partial charge on any atom is 0.252 e. The molecule has 0 aliphatic rings. The molecule has 18 heavy (non-hydrogen) atoms. The summed E-state index contributed by atoms with van der Waals surface area (Å²) in [5.74, 6) is -0.0729. The van der Waals surface area contributed by atoms with Crippen LogP contribution in [0.5, 0.6) is 0 Å². The lowest BCUT2D eigenvalue weighted by atomic mass is 9.95. The van der Waals surface area contributed by atoms with Crippen molar-refractivity contribution in [2.75, 3.05) is 0 Å². The van der Waals surface area contributed by atoms with Gasteiger partial charge in [-0.3, -0.25) is 9.00 Å². The second-order valence-electron chi connectivity index (χ2n) is 4.10.